The van der Waals surface area contributed by atoms with Crippen molar-refractivity contribution in [3.05, 3.63) is 11.0 Å². The highest BCUT2D eigenvalue weighted by Gasteiger charge is 2.42. The standard InChI is InChI=1S/C60H120S6/c61-53-43-33-23-13-7-5-3-1-2-4-6-8-18-28-38-48-58(49-39-29-19-9-14-24-34-44-54-62)60(51-41-31-21-11-16-26-36-46-56-64,52-42-32-22-12-17-27-37-47-57-65)59(66)50-40-30-20-10-15-25-35-45-55-63/h53,58,61-66H,1-52,54-57H2. The normalized spacial score (nSPS) is 12.6. The van der Waals surface area contributed by atoms with Crippen molar-refractivity contribution in [3.63, 3.8) is 0 Å². The third-order valence-electron chi connectivity index (χ3n) is 15.3. The molecule has 0 nitrogen and oxygen atoms in total. The van der Waals surface area contributed by atoms with Crippen molar-refractivity contribution >= 4 is 75.8 Å². The van der Waals surface area contributed by atoms with Crippen molar-refractivity contribution in [2.45, 2.75) is 334 Å². The number of hydrogen-bond acceptors (Lipinski definition) is 6. The molecule has 0 aliphatic rings. The summed E-state index contributed by atoms with van der Waals surface area (Å²) < 4.78 is 0. The molecular formula is C60H120S6. The van der Waals surface area contributed by atoms with Crippen molar-refractivity contribution in [1.29, 1.82) is 0 Å². The van der Waals surface area contributed by atoms with Gasteiger partial charge in [-0.3, -0.25) is 0 Å². The average molecular weight is 1030 g/mol. The monoisotopic (exact) mass is 1030 g/mol. The van der Waals surface area contributed by atoms with Gasteiger partial charge in [-0.2, -0.15) is 75.8 Å². The first-order chi connectivity index (χ1) is 32.6. The van der Waals surface area contributed by atoms with E-state index >= 15 is 0 Å². The molecule has 0 aliphatic heterocycles. The highest BCUT2D eigenvalue weighted by molar-refractivity contribution is 7.83. The van der Waals surface area contributed by atoms with Gasteiger partial charge >= 0.3 is 0 Å². The molecule has 2 radical (unpaired) electrons. The van der Waals surface area contributed by atoms with Crippen LogP contribution in [-0.2, 0) is 0 Å². The van der Waals surface area contributed by atoms with Gasteiger partial charge in [-0.1, -0.05) is 270 Å². The second-order valence-corrected chi connectivity index (χ2v) is 24.0. The van der Waals surface area contributed by atoms with Gasteiger partial charge in [0.15, 0.2) is 0 Å². The lowest BCUT2D eigenvalue weighted by molar-refractivity contribution is 0.122. The Morgan fingerprint density at radius 1 is 0.288 bits per heavy atom. The van der Waals surface area contributed by atoms with Gasteiger partial charge in [0.05, 0.1) is 0 Å². The second-order valence-electron chi connectivity index (χ2n) is 21.3. The Balaban J connectivity index is 5.80. The molecule has 0 aliphatic carbocycles. The van der Waals surface area contributed by atoms with Crippen LogP contribution in [0.5, 0.6) is 0 Å². The zero-order valence-electron chi connectivity index (χ0n) is 44.4. The minimum absolute atomic E-state index is 0.326. The van der Waals surface area contributed by atoms with Crippen LogP contribution in [0.25, 0.3) is 0 Å². The van der Waals surface area contributed by atoms with Crippen LogP contribution in [0.1, 0.15) is 334 Å². The van der Waals surface area contributed by atoms with Crippen LogP contribution in [0.2, 0.25) is 0 Å². The predicted octanol–water partition coefficient (Wildman–Crippen LogP) is 23.1. The van der Waals surface area contributed by atoms with Gasteiger partial charge in [0.1, 0.15) is 0 Å². The van der Waals surface area contributed by atoms with Gasteiger partial charge in [0.2, 0.25) is 0 Å². The van der Waals surface area contributed by atoms with E-state index < -0.39 is 0 Å². The highest BCUT2D eigenvalue weighted by atomic mass is 32.1. The molecule has 1 atom stereocenters. The summed E-state index contributed by atoms with van der Waals surface area (Å²) in [7, 11) is 0. The first-order valence-electron chi connectivity index (χ1n) is 30.1. The fourth-order valence-electron chi connectivity index (χ4n) is 11.0. The summed E-state index contributed by atoms with van der Waals surface area (Å²) in [6.45, 7) is 0. The largest absolute Gasteiger partial charge is 0.179 e. The summed E-state index contributed by atoms with van der Waals surface area (Å²) in [5.41, 5.74) is 0.326. The molecule has 0 N–H and O–H groups in total. The molecule has 6 heteroatoms. The molecule has 1 unspecified atom stereocenters. The zero-order chi connectivity index (χ0) is 48.0. The predicted molar refractivity (Wildman–Crippen MR) is 327 cm³/mol. The van der Waals surface area contributed by atoms with Crippen LogP contribution >= 0.6 is 75.8 Å². The number of hydrogen-bond donors (Lipinski definition) is 6. The summed E-state index contributed by atoms with van der Waals surface area (Å²) in [6.07, 6.45) is 72.8. The fraction of sp³-hybridized carbons (Fsp3) is 0.967. The number of rotatable bonds is 59. The Hall–Kier alpha value is 2.10. The molecule has 0 saturated heterocycles. The van der Waals surface area contributed by atoms with Gasteiger partial charge in [-0.25, -0.2) is 0 Å². The average Bonchev–Trinajstić information content (AvgIpc) is 3.32. The lowest BCUT2D eigenvalue weighted by atomic mass is 9.62. The van der Waals surface area contributed by atoms with Crippen molar-refractivity contribution in [2.24, 2.45) is 11.3 Å². The third-order valence-corrected chi connectivity index (χ3v) is 17.5. The van der Waals surface area contributed by atoms with E-state index in [0.717, 1.165) is 28.9 Å². The first kappa shape index (κ1) is 68.1. The molecule has 0 spiro atoms. The SMILES string of the molecule is S[CH]CCCCCCCCCCCCCCCCC(CCCCCCCCCCS)C(CCCCCCCCCCS)(CCCCCCCCCCS)[C](S)CCCCCCCCCCS. The van der Waals surface area contributed by atoms with E-state index in [-0.39, 0.29) is 0 Å². The zero-order valence-corrected chi connectivity index (χ0v) is 49.8. The molecule has 66 heavy (non-hydrogen) atoms. The van der Waals surface area contributed by atoms with Crippen LogP contribution in [0, 0.1) is 22.3 Å². The van der Waals surface area contributed by atoms with E-state index in [2.05, 4.69) is 63.1 Å². The molecule has 0 aromatic rings. The molecule has 0 rings (SSSR count). The van der Waals surface area contributed by atoms with E-state index in [1.54, 1.807) is 5.25 Å². The quantitative estimate of drug-likeness (QED) is 0.0254. The minimum atomic E-state index is 0.326. The first-order valence-corrected chi connectivity index (χ1v) is 33.6. The van der Waals surface area contributed by atoms with E-state index in [9.17, 15) is 0 Å². The summed E-state index contributed by atoms with van der Waals surface area (Å²) >= 11 is 27.8. The van der Waals surface area contributed by atoms with Crippen LogP contribution in [-0.4, -0.2) is 23.0 Å². The van der Waals surface area contributed by atoms with E-state index in [1.165, 1.54) is 334 Å². The lowest BCUT2D eigenvalue weighted by Gasteiger charge is -2.46. The molecule has 0 heterocycles. The Kier molecular flexibility index (Phi) is 59.8. The lowest BCUT2D eigenvalue weighted by Crippen LogP contribution is -2.36. The van der Waals surface area contributed by atoms with Crippen molar-refractivity contribution in [1.82, 2.24) is 0 Å². The summed E-state index contributed by atoms with van der Waals surface area (Å²) in [4.78, 5) is 0. The number of unbranched alkanes of at least 4 members (excludes halogenated alkanes) is 42. The Morgan fingerprint density at radius 3 is 0.788 bits per heavy atom. The van der Waals surface area contributed by atoms with Crippen LogP contribution in [0.3, 0.4) is 0 Å². The van der Waals surface area contributed by atoms with E-state index in [1.807, 2.05) is 5.75 Å². The van der Waals surface area contributed by atoms with Crippen molar-refractivity contribution in [3.8, 4) is 0 Å². The molecule has 0 saturated carbocycles. The maximum absolute atomic E-state index is 5.78. The van der Waals surface area contributed by atoms with Gasteiger partial charge in [-0.05, 0) is 98.6 Å². The van der Waals surface area contributed by atoms with Gasteiger partial charge in [-0.15, -0.1) is 0 Å². The van der Waals surface area contributed by atoms with Crippen molar-refractivity contribution < 1.29 is 0 Å². The summed E-state index contributed by atoms with van der Waals surface area (Å²) in [5, 5.41) is 1.65. The molecule has 396 valence electrons. The summed E-state index contributed by atoms with van der Waals surface area (Å²) in [6, 6.07) is 0. The van der Waals surface area contributed by atoms with E-state index in [4.69, 9.17) is 12.6 Å². The Labute approximate surface area is 451 Å². The van der Waals surface area contributed by atoms with Gasteiger partial charge in [0.25, 0.3) is 0 Å². The molecule has 0 fully saturated rings. The molecule has 0 bridgehead atoms. The number of thiol groups is 6. The van der Waals surface area contributed by atoms with Gasteiger partial charge in [0, 0.05) is 11.0 Å². The highest BCUT2D eigenvalue weighted by Crippen LogP contribution is 2.54. The van der Waals surface area contributed by atoms with Crippen LogP contribution < -0.4 is 0 Å². The van der Waals surface area contributed by atoms with Gasteiger partial charge < -0.3 is 0 Å². The van der Waals surface area contributed by atoms with Crippen LogP contribution in [0.4, 0.5) is 0 Å². The molecule has 0 aromatic heterocycles. The fourth-order valence-corrected chi connectivity index (χ4v) is 12.6. The van der Waals surface area contributed by atoms with E-state index in [0.29, 0.717) is 5.41 Å². The maximum atomic E-state index is 5.78. The molecule has 0 amide bonds. The minimum Gasteiger partial charge on any atom is -0.179 e. The smallest absolute Gasteiger partial charge is 0.0338 e. The van der Waals surface area contributed by atoms with Crippen LogP contribution in [0.15, 0.2) is 0 Å². The molecule has 0 aromatic carbocycles. The van der Waals surface area contributed by atoms with Crippen molar-refractivity contribution in [2.75, 3.05) is 23.0 Å². The molecular weight excluding hydrogens is 913 g/mol. The summed E-state index contributed by atoms with van der Waals surface area (Å²) in [5.74, 6) is 7.03. The topological polar surface area (TPSA) is 0 Å². The second kappa shape index (κ2) is 58.0. The maximum Gasteiger partial charge on any atom is 0.0338 e. The Bertz CT molecular complexity index is 848. The third kappa shape index (κ3) is 45.9. The Morgan fingerprint density at radius 2 is 0.515 bits per heavy atom.